The number of nitrogen functional groups attached to an aromatic ring is 1. The van der Waals surface area contributed by atoms with Gasteiger partial charge >= 0.3 is 0 Å². The molecular weight excluding hydrogens is 538 g/mol. The number of rotatable bonds is 5. The van der Waals surface area contributed by atoms with Crippen LogP contribution < -0.4 is 5.73 Å². The minimum Gasteiger partial charge on any atom is -0.368 e. The lowest BCUT2D eigenvalue weighted by molar-refractivity contribution is -0.148. The number of carbonyl (C=O) groups excluding carboxylic acids is 1. The van der Waals surface area contributed by atoms with E-state index in [1.54, 1.807) is 23.4 Å². The first kappa shape index (κ1) is 27.1. The normalized spacial score (nSPS) is 18.2. The van der Waals surface area contributed by atoms with Gasteiger partial charge in [-0.25, -0.2) is 32.5 Å². The maximum absolute atomic E-state index is 15.9. The molecule has 0 bridgehead atoms. The second-order valence-electron chi connectivity index (χ2n) is 10.8. The van der Waals surface area contributed by atoms with Crippen molar-refractivity contribution in [3.05, 3.63) is 71.8 Å². The third kappa shape index (κ3) is 5.35. The molecule has 4 heterocycles. The maximum Gasteiger partial charge on any atom is 0.260 e. The van der Waals surface area contributed by atoms with Crippen molar-refractivity contribution >= 4 is 22.9 Å². The lowest BCUT2D eigenvalue weighted by atomic mass is 9.90. The molecule has 0 aliphatic carbocycles. The van der Waals surface area contributed by atoms with Gasteiger partial charge in [-0.05, 0) is 37.1 Å². The molecular formula is C29H29F4N7O. The van der Waals surface area contributed by atoms with E-state index in [-0.39, 0.29) is 36.2 Å². The zero-order valence-electron chi connectivity index (χ0n) is 22.2. The van der Waals surface area contributed by atoms with Crippen molar-refractivity contribution in [1.82, 2.24) is 29.3 Å². The molecule has 0 spiro atoms. The molecule has 2 aliphatic rings. The molecule has 214 valence electrons. The Bertz CT molecular complexity index is 1580. The van der Waals surface area contributed by atoms with Crippen molar-refractivity contribution in [2.75, 3.05) is 31.9 Å². The van der Waals surface area contributed by atoms with E-state index in [0.29, 0.717) is 56.6 Å². The minimum atomic E-state index is -1.94. The molecule has 2 aliphatic heterocycles. The average molecular weight is 568 g/mol. The lowest BCUT2D eigenvalue weighted by Gasteiger charge is -2.40. The SMILES string of the molecule is Nc1ncc(CN2CCC(F)(C(=O)N3CCC(n4c(-c5ccc(F)cc5F)nc5cc(F)ccc54)CC3)CC2)cn1. The smallest absolute Gasteiger partial charge is 0.260 e. The van der Waals surface area contributed by atoms with Gasteiger partial charge < -0.3 is 15.2 Å². The molecule has 4 aromatic rings. The standard InChI is InChI=1S/C29H29F4N7O/c30-19-1-3-22(23(32)13-19)26-37-24-14-20(31)2-4-25(24)40(26)21-5-9-39(10-6-21)27(41)29(33)7-11-38(12-8-29)17-18-15-35-28(34)36-16-18/h1-4,13-16,21H,5-12,17H2,(H2,34,35,36). The molecule has 2 aromatic carbocycles. The highest BCUT2D eigenvalue weighted by Gasteiger charge is 2.45. The summed E-state index contributed by atoms with van der Waals surface area (Å²) < 4.78 is 60.1. The van der Waals surface area contributed by atoms with Gasteiger partial charge in [-0.3, -0.25) is 9.69 Å². The first-order valence-electron chi connectivity index (χ1n) is 13.6. The Morgan fingerprint density at radius 3 is 2.29 bits per heavy atom. The van der Waals surface area contributed by atoms with E-state index in [4.69, 9.17) is 5.73 Å². The van der Waals surface area contributed by atoms with Gasteiger partial charge in [0.05, 0.1) is 16.6 Å². The zero-order valence-corrected chi connectivity index (χ0v) is 22.2. The molecule has 0 radical (unpaired) electrons. The summed E-state index contributed by atoms with van der Waals surface area (Å²) in [4.78, 5) is 29.4. The van der Waals surface area contributed by atoms with Gasteiger partial charge in [0.25, 0.3) is 5.91 Å². The number of anilines is 1. The second-order valence-corrected chi connectivity index (χ2v) is 10.8. The number of amides is 1. The highest BCUT2D eigenvalue weighted by atomic mass is 19.1. The highest BCUT2D eigenvalue weighted by molar-refractivity contribution is 5.85. The molecule has 0 saturated carbocycles. The summed E-state index contributed by atoms with van der Waals surface area (Å²) in [7, 11) is 0. The molecule has 2 aromatic heterocycles. The summed E-state index contributed by atoms with van der Waals surface area (Å²) in [6.07, 6.45) is 4.42. The van der Waals surface area contributed by atoms with Gasteiger partial charge in [-0.2, -0.15) is 0 Å². The summed E-state index contributed by atoms with van der Waals surface area (Å²) in [5.74, 6) is -2.02. The van der Waals surface area contributed by atoms with E-state index < -0.39 is 29.0 Å². The van der Waals surface area contributed by atoms with Crippen molar-refractivity contribution in [3.63, 3.8) is 0 Å². The van der Waals surface area contributed by atoms with Crippen molar-refractivity contribution in [3.8, 4) is 11.4 Å². The molecule has 1 amide bonds. The Kier molecular flexibility index (Phi) is 7.10. The molecule has 2 saturated heterocycles. The maximum atomic E-state index is 15.9. The van der Waals surface area contributed by atoms with E-state index in [1.165, 1.54) is 18.2 Å². The summed E-state index contributed by atoms with van der Waals surface area (Å²) in [5.41, 5.74) is 5.52. The van der Waals surface area contributed by atoms with Crippen molar-refractivity contribution < 1.29 is 22.4 Å². The fourth-order valence-electron chi connectivity index (χ4n) is 5.90. The summed E-state index contributed by atoms with van der Waals surface area (Å²) in [5, 5.41) is 0. The predicted molar refractivity (Wildman–Crippen MR) is 145 cm³/mol. The number of benzene rings is 2. The Labute approximate surface area is 233 Å². The molecule has 8 nitrogen and oxygen atoms in total. The van der Waals surface area contributed by atoms with Crippen LogP contribution in [0.3, 0.4) is 0 Å². The van der Waals surface area contributed by atoms with Crippen LogP contribution >= 0.6 is 0 Å². The second kappa shape index (κ2) is 10.7. The Morgan fingerprint density at radius 1 is 0.951 bits per heavy atom. The number of nitrogens with two attached hydrogens (primary N) is 1. The van der Waals surface area contributed by atoms with E-state index >= 15 is 4.39 Å². The van der Waals surface area contributed by atoms with Crippen LogP contribution in [0.1, 0.15) is 37.3 Å². The number of carbonyl (C=O) groups is 1. The average Bonchev–Trinajstić information content (AvgIpc) is 3.33. The summed E-state index contributed by atoms with van der Waals surface area (Å²) in [6.45, 7) is 2.03. The Hall–Kier alpha value is -4.06. The molecule has 2 fully saturated rings. The first-order chi connectivity index (χ1) is 19.7. The van der Waals surface area contributed by atoms with E-state index in [9.17, 15) is 18.0 Å². The van der Waals surface area contributed by atoms with E-state index in [1.807, 2.05) is 4.57 Å². The number of alkyl halides is 1. The molecule has 6 rings (SSSR count). The Morgan fingerprint density at radius 2 is 1.61 bits per heavy atom. The molecule has 0 atom stereocenters. The first-order valence-corrected chi connectivity index (χ1v) is 13.6. The number of fused-ring (bicyclic) bond motifs is 1. The van der Waals surface area contributed by atoms with Gasteiger partial charge in [-0.15, -0.1) is 0 Å². The summed E-state index contributed by atoms with van der Waals surface area (Å²) in [6, 6.07) is 7.22. The summed E-state index contributed by atoms with van der Waals surface area (Å²) >= 11 is 0. The number of imidazole rings is 1. The number of piperidine rings is 2. The number of hydrogen-bond donors (Lipinski definition) is 1. The van der Waals surface area contributed by atoms with Crippen LogP contribution in [0.2, 0.25) is 0 Å². The lowest BCUT2D eigenvalue weighted by Crippen LogP contribution is -2.53. The van der Waals surface area contributed by atoms with Gasteiger partial charge in [0, 0.05) is 81.7 Å². The largest absolute Gasteiger partial charge is 0.368 e. The fraction of sp³-hybridized carbons (Fsp3) is 0.379. The zero-order chi connectivity index (χ0) is 28.7. The number of aromatic nitrogens is 4. The number of hydrogen-bond acceptors (Lipinski definition) is 6. The van der Waals surface area contributed by atoms with Crippen LogP contribution in [0.4, 0.5) is 23.5 Å². The van der Waals surface area contributed by atoms with Gasteiger partial charge in [0.1, 0.15) is 23.3 Å². The van der Waals surface area contributed by atoms with Gasteiger partial charge in [0.2, 0.25) is 5.95 Å². The monoisotopic (exact) mass is 567 g/mol. The van der Waals surface area contributed by atoms with Crippen LogP contribution in [0.15, 0.2) is 48.8 Å². The van der Waals surface area contributed by atoms with Crippen LogP contribution in [-0.4, -0.2) is 67.1 Å². The number of likely N-dealkylation sites (tertiary alicyclic amines) is 2. The topological polar surface area (TPSA) is 93.2 Å². The quantitative estimate of drug-likeness (QED) is 0.353. The molecule has 2 N–H and O–H groups in total. The van der Waals surface area contributed by atoms with Crippen LogP contribution in [0.5, 0.6) is 0 Å². The van der Waals surface area contributed by atoms with Crippen molar-refractivity contribution in [2.24, 2.45) is 0 Å². The number of nitrogens with zero attached hydrogens (tertiary/aromatic N) is 6. The van der Waals surface area contributed by atoms with Gasteiger partial charge in [-0.1, -0.05) is 0 Å². The van der Waals surface area contributed by atoms with E-state index in [0.717, 1.165) is 17.7 Å². The minimum absolute atomic E-state index is 0.0906. The van der Waals surface area contributed by atoms with Crippen LogP contribution in [0.25, 0.3) is 22.4 Å². The van der Waals surface area contributed by atoms with E-state index in [2.05, 4.69) is 19.9 Å². The molecule has 41 heavy (non-hydrogen) atoms. The van der Waals surface area contributed by atoms with Crippen LogP contribution in [-0.2, 0) is 11.3 Å². The van der Waals surface area contributed by atoms with Crippen molar-refractivity contribution in [2.45, 2.75) is 43.9 Å². The highest BCUT2D eigenvalue weighted by Crippen LogP contribution is 2.36. The van der Waals surface area contributed by atoms with Gasteiger partial charge in [0.15, 0.2) is 5.67 Å². The predicted octanol–water partition coefficient (Wildman–Crippen LogP) is 4.66. The molecule has 12 heteroatoms. The van der Waals surface area contributed by atoms with Crippen molar-refractivity contribution in [1.29, 1.82) is 0 Å². The fourth-order valence-corrected chi connectivity index (χ4v) is 5.90. The van der Waals surface area contributed by atoms with Crippen LogP contribution in [0, 0.1) is 17.5 Å². The third-order valence-electron chi connectivity index (χ3n) is 8.10. The third-order valence-corrected chi connectivity index (χ3v) is 8.10. The Balaban J connectivity index is 1.15. The molecule has 0 unspecified atom stereocenters. The number of halogens is 4.